The Morgan fingerprint density at radius 3 is 2.60 bits per heavy atom. The number of hydrogen-bond donors (Lipinski definition) is 2. The Balaban J connectivity index is 1.41. The van der Waals surface area contributed by atoms with Gasteiger partial charge in [0.15, 0.2) is 0 Å². The fourth-order valence-corrected chi connectivity index (χ4v) is 6.29. The third kappa shape index (κ3) is 5.24. The van der Waals surface area contributed by atoms with Gasteiger partial charge in [-0.1, -0.05) is 18.2 Å². The number of benzene rings is 1. The van der Waals surface area contributed by atoms with Crippen molar-refractivity contribution in [3.05, 3.63) is 63.7 Å². The molecule has 4 aliphatic rings. The number of carbonyl (C=O) groups is 1. The third-order valence-electron chi connectivity index (χ3n) is 9.09. The number of carbonyl (C=O) groups excluding carboxylic acids is 1. The summed E-state index contributed by atoms with van der Waals surface area (Å²) < 4.78 is 33.1. The molecule has 0 radical (unpaired) electrons. The van der Waals surface area contributed by atoms with Crippen LogP contribution in [0, 0.1) is 17.2 Å². The van der Waals surface area contributed by atoms with Gasteiger partial charge in [-0.15, -0.1) is 0 Å². The van der Waals surface area contributed by atoms with Crippen molar-refractivity contribution in [3.63, 3.8) is 0 Å². The second-order valence-electron chi connectivity index (χ2n) is 11.9. The number of piperidine rings is 1. The minimum absolute atomic E-state index is 0.0240. The Morgan fingerprint density at radius 1 is 1.07 bits per heavy atom. The average molecular weight is 576 g/mol. The van der Waals surface area contributed by atoms with Crippen LogP contribution in [0.15, 0.2) is 41.5 Å². The summed E-state index contributed by atoms with van der Waals surface area (Å²) >= 11 is 0. The summed E-state index contributed by atoms with van der Waals surface area (Å²) in [6, 6.07) is 10.2. The molecule has 42 heavy (non-hydrogen) atoms. The van der Waals surface area contributed by atoms with Crippen LogP contribution in [-0.2, 0) is 22.7 Å². The second kappa shape index (κ2) is 11.1. The molecule has 9 nitrogen and oxygen atoms in total. The number of nitriles is 1. The van der Waals surface area contributed by atoms with E-state index >= 15 is 8.78 Å². The van der Waals surface area contributed by atoms with Crippen molar-refractivity contribution in [3.8, 4) is 6.07 Å². The lowest BCUT2D eigenvalue weighted by molar-refractivity contribution is -0.123. The molecular weight excluding hydrogens is 540 g/mol. The monoisotopic (exact) mass is 575 g/mol. The van der Waals surface area contributed by atoms with Gasteiger partial charge in [-0.2, -0.15) is 5.26 Å². The molecule has 2 fully saturated rings. The fourth-order valence-electron chi connectivity index (χ4n) is 6.29. The number of rotatable bonds is 1. The van der Waals surface area contributed by atoms with Crippen LogP contribution in [0.2, 0.25) is 0 Å². The minimum atomic E-state index is -3.01. The predicted octanol–water partition coefficient (Wildman–Crippen LogP) is 4.23. The second-order valence-corrected chi connectivity index (χ2v) is 11.9. The zero-order valence-electron chi connectivity index (χ0n) is 23.7. The number of nitrogens with one attached hydrogen (secondary N) is 2. The van der Waals surface area contributed by atoms with Crippen LogP contribution in [0.25, 0.3) is 11.0 Å². The van der Waals surface area contributed by atoms with Crippen LogP contribution >= 0.6 is 0 Å². The normalized spacial score (nSPS) is 25.6. The van der Waals surface area contributed by atoms with E-state index in [1.165, 1.54) is 12.4 Å². The number of alkyl halides is 2. The number of hydrogen-bond acceptors (Lipinski definition) is 7. The Hall–Kier alpha value is -3.91. The molecule has 220 valence electrons. The Bertz CT molecular complexity index is 1600. The van der Waals surface area contributed by atoms with E-state index in [-0.39, 0.29) is 29.6 Å². The standard InChI is InChI=1S/C31H35F2N7O2/c1-20-21-5-4-6-23(15-21)31(32,33)22-7-13-39(14-8-22)17-26(41)35-11-2-3-12-40-28-24(27(38-20)36-19-37-28)16-25(29(40)42)30(18-34)9-10-30/h4-6,15-16,19-20,22H,2-3,7-14,17H2,1H3,(H,35,41)(H,36,37,38)/t20-/m1/s1. The number of amides is 1. The summed E-state index contributed by atoms with van der Waals surface area (Å²) in [6.45, 7) is 3.77. The third-order valence-corrected chi connectivity index (χ3v) is 9.09. The SMILES string of the molecule is C[C@H]1Nc2ncnc3c2cc(C2(C#N)CC2)c(=O)n3CCCCNC(=O)CN2CCC(CC2)C(F)(F)c2cccc1c2. The van der Waals surface area contributed by atoms with Crippen LogP contribution in [-0.4, -0.2) is 51.5 Å². The van der Waals surface area contributed by atoms with E-state index < -0.39 is 17.3 Å². The van der Waals surface area contributed by atoms with Crippen molar-refractivity contribution in [1.82, 2.24) is 24.8 Å². The summed E-state index contributed by atoms with van der Waals surface area (Å²) in [4.78, 5) is 37.1. The average Bonchev–Trinajstić information content (AvgIpc) is 3.79. The quantitative estimate of drug-likeness (QED) is 0.446. The van der Waals surface area contributed by atoms with Crippen LogP contribution < -0.4 is 16.2 Å². The van der Waals surface area contributed by atoms with E-state index in [0.717, 1.165) is 0 Å². The molecule has 8 bridgehead atoms. The summed E-state index contributed by atoms with van der Waals surface area (Å²) in [5, 5.41) is 16.8. The first-order valence-electron chi connectivity index (χ1n) is 14.8. The number of anilines is 1. The van der Waals surface area contributed by atoms with Gasteiger partial charge in [0.2, 0.25) is 5.91 Å². The van der Waals surface area contributed by atoms with Crippen LogP contribution in [0.3, 0.4) is 0 Å². The topological polar surface area (TPSA) is 116 Å². The van der Waals surface area contributed by atoms with Gasteiger partial charge in [0.1, 0.15) is 17.8 Å². The summed E-state index contributed by atoms with van der Waals surface area (Å²) in [5.41, 5.74) is 0.482. The number of aryl methyl sites for hydroxylation is 1. The zero-order valence-corrected chi connectivity index (χ0v) is 23.7. The molecule has 1 atom stereocenters. The summed E-state index contributed by atoms with van der Waals surface area (Å²) in [5.74, 6) is -3.48. The molecule has 1 saturated carbocycles. The highest BCUT2D eigenvalue weighted by Gasteiger charge is 2.47. The van der Waals surface area contributed by atoms with Crippen molar-refractivity contribution in [1.29, 1.82) is 5.26 Å². The summed E-state index contributed by atoms with van der Waals surface area (Å²) in [7, 11) is 0. The van der Waals surface area contributed by atoms with E-state index in [4.69, 9.17) is 0 Å². The Morgan fingerprint density at radius 2 is 1.86 bits per heavy atom. The van der Waals surface area contributed by atoms with Gasteiger partial charge in [-0.25, -0.2) is 18.7 Å². The molecule has 1 aliphatic carbocycles. The zero-order chi connectivity index (χ0) is 29.5. The molecule has 2 aromatic heterocycles. The van der Waals surface area contributed by atoms with E-state index in [1.54, 1.807) is 22.8 Å². The van der Waals surface area contributed by atoms with Crippen molar-refractivity contribution in [2.24, 2.45) is 5.92 Å². The lowest BCUT2D eigenvalue weighted by atomic mass is 9.85. The number of halogens is 2. The van der Waals surface area contributed by atoms with Gasteiger partial charge in [0.05, 0.1) is 23.4 Å². The first-order valence-corrected chi connectivity index (χ1v) is 14.8. The minimum Gasteiger partial charge on any atom is -0.363 e. The van der Waals surface area contributed by atoms with Gasteiger partial charge >= 0.3 is 0 Å². The van der Waals surface area contributed by atoms with Gasteiger partial charge < -0.3 is 10.6 Å². The van der Waals surface area contributed by atoms with E-state index in [9.17, 15) is 14.9 Å². The fraction of sp³-hybridized carbons (Fsp3) is 0.516. The molecule has 1 aromatic carbocycles. The molecule has 7 rings (SSSR count). The Labute approximate surface area is 242 Å². The molecular formula is C31H35F2N7O2. The van der Waals surface area contributed by atoms with E-state index in [1.807, 2.05) is 17.9 Å². The number of pyridine rings is 1. The lowest BCUT2D eigenvalue weighted by Crippen LogP contribution is -2.44. The van der Waals surface area contributed by atoms with Crippen LogP contribution in [0.1, 0.15) is 68.2 Å². The number of nitrogens with zero attached hydrogens (tertiary/aromatic N) is 5. The largest absolute Gasteiger partial charge is 0.363 e. The van der Waals surface area contributed by atoms with Crippen molar-refractivity contribution in [2.75, 3.05) is 31.5 Å². The molecule has 2 N–H and O–H groups in total. The maximum Gasteiger partial charge on any atom is 0.276 e. The molecule has 3 aliphatic heterocycles. The molecule has 0 unspecified atom stereocenters. The Kier molecular flexibility index (Phi) is 7.43. The molecule has 1 saturated heterocycles. The molecule has 0 spiro atoms. The van der Waals surface area contributed by atoms with E-state index in [0.29, 0.717) is 92.7 Å². The summed E-state index contributed by atoms with van der Waals surface area (Å²) in [6.07, 6.45) is 4.50. The molecule has 3 aromatic rings. The highest BCUT2D eigenvalue weighted by molar-refractivity contribution is 5.87. The predicted molar refractivity (Wildman–Crippen MR) is 154 cm³/mol. The maximum atomic E-state index is 15.8. The molecule has 5 heterocycles. The first-order chi connectivity index (χ1) is 20.2. The van der Waals surface area contributed by atoms with Gasteiger partial charge in [0, 0.05) is 36.2 Å². The van der Waals surface area contributed by atoms with Crippen molar-refractivity contribution < 1.29 is 13.6 Å². The van der Waals surface area contributed by atoms with Gasteiger partial charge in [-0.3, -0.25) is 19.1 Å². The van der Waals surface area contributed by atoms with Gasteiger partial charge in [0.25, 0.3) is 11.5 Å². The molecule has 11 heteroatoms. The molecule has 1 amide bonds. The van der Waals surface area contributed by atoms with Crippen LogP contribution in [0.4, 0.5) is 14.6 Å². The van der Waals surface area contributed by atoms with E-state index in [2.05, 4.69) is 26.7 Å². The highest BCUT2D eigenvalue weighted by atomic mass is 19.3. The highest BCUT2D eigenvalue weighted by Crippen LogP contribution is 2.47. The van der Waals surface area contributed by atoms with Crippen LogP contribution in [0.5, 0.6) is 0 Å². The number of aromatic nitrogens is 3. The smallest absolute Gasteiger partial charge is 0.276 e. The lowest BCUT2D eigenvalue weighted by Gasteiger charge is -2.36. The number of fused-ring (bicyclic) bond motifs is 9. The first kappa shape index (κ1) is 28.2. The maximum absolute atomic E-state index is 15.8. The van der Waals surface area contributed by atoms with Crippen molar-refractivity contribution >= 4 is 22.8 Å². The van der Waals surface area contributed by atoms with Crippen molar-refractivity contribution in [2.45, 2.75) is 69.4 Å². The van der Waals surface area contributed by atoms with Gasteiger partial charge in [-0.05, 0) is 76.2 Å².